The van der Waals surface area contributed by atoms with Gasteiger partial charge in [0.05, 0.1) is 31.1 Å². The first-order chi connectivity index (χ1) is 9.20. The molecule has 0 amide bonds. The average molecular weight is 315 g/mol. The lowest BCUT2D eigenvalue weighted by Crippen LogP contribution is -2.46. The molecule has 13 heteroatoms. The van der Waals surface area contributed by atoms with Gasteiger partial charge >= 0.3 is 0 Å². The van der Waals surface area contributed by atoms with Gasteiger partial charge in [-0.15, -0.1) is 35.9 Å². The van der Waals surface area contributed by atoms with Crippen LogP contribution < -0.4 is 0 Å². The molecular formula is C7H9F8N5. The fourth-order valence-corrected chi connectivity index (χ4v) is 1.45. The van der Waals surface area contributed by atoms with Crippen LogP contribution in [0.4, 0.5) is 35.9 Å². The van der Waals surface area contributed by atoms with Crippen molar-refractivity contribution in [2.75, 3.05) is 6.54 Å². The highest BCUT2D eigenvalue weighted by atomic mass is 19.4. The summed E-state index contributed by atoms with van der Waals surface area (Å²) in [5.41, 5.74) is 0. The van der Waals surface area contributed by atoms with Crippen molar-refractivity contribution < 1.29 is 35.9 Å². The maximum absolute atomic E-state index is 12.5. The van der Waals surface area contributed by atoms with Gasteiger partial charge in [0.1, 0.15) is 6.04 Å². The molecule has 0 aromatic rings. The standard InChI is InChI=1S/C7H9F8N5/c8-17(9)4-5(18(10)11)3-7(20(14)15)6(1-2-16)19(12)13/h5-7H,1,3-4H2. The summed E-state index contributed by atoms with van der Waals surface area (Å²) in [6.45, 7) is -1.63. The molecule has 0 rings (SSSR count). The molecule has 3 atom stereocenters. The molecule has 0 N–H and O–H groups in total. The fourth-order valence-electron chi connectivity index (χ4n) is 1.45. The van der Waals surface area contributed by atoms with E-state index in [0.717, 1.165) is 0 Å². The van der Waals surface area contributed by atoms with E-state index in [9.17, 15) is 35.9 Å². The number of nitrogens with zero attached hydrogens (tertiary/aromatic N) is 5. The maximum Gasteiger partial charge on any atom is 0.107 e. The van der Waals surface area contributed by atoms with Crippen LogP contribution in [0.5, 0.6) is 0 Å². The third-order valence-corrected chi connectivity index (χ3v) is 2.38. The molecule has 0 saturated carbocycles. The predicted molar refractivity (Wildman–Crippen MR) is 47.3 cm³/mol. The van der Waals surface area contributed by atoms with Crippen molar-refractivity contribution in [3.05, 3.63) is 0 Å². The molecule has 20 heavy (non-hydrogen) atoms. The van der Waals surface area contributed by atoms with Crippen LogP contribution >= 0.6 is 0 Å². The molecule has 0 aliphatic carbocycles. The Morgan fingerprint density at radius 3 is 1.60 bits per heavy atom. The zero-order chi connectivity index (χ0) is 15.9. The molecule has 3 unspecified atom stereocenters. The first kappa shape index (κ1) is 18.8. The number of rotatable bonds is 9. The molecule has 0 aromatic carbocycles. The lowest BCUT2D eigenvalue weighted by Gasteiger charge is -2.28. The zero-order valence-corrected chi connectivity index (χ0v) is 9.61. The quantitative estimate of drug-likeness (QED) is 0.483. The van der Waals surface area contributed by atoms with E-state index >= 15 is 0 Å². The van der Waals surface area contributed by atoms with Crippen molar-refractivity contribution in [1.29, 1.82) is 5.26 Å². The van der Waals surface area contributed by atoms with Crippen molar-refractivity contribution in [2.24, 2.45) is 0 Å². The topological polar surface area (TPSA) is 36.8 Å². The summed E-state index contributed by atoms with van der Waals surface area (Å²) in [5.74, 6) is 0. The zero-order valence-electron chi connectivity index (χ0n) is 9.61. The van der Waals surface area contributed by atoms with Gasteiger partial charge in [0.25, 0.3) is 0 Å². The highest BCUT2D eigenvalue weighted by Crippen LogP contribution is 2.24. The van der Waals surface area contributed by atoms with E-state index in [1.165, 1.54) is 6.07 Å². The Bertz CT molecular complexity index is 308. The summed E-state index contributed by atoms with van der Waals surface area (Å²) >= 11 is 0. The summed E-state index contributed by atoms with van der Waals surface area (Å²) in [6, 6.07) is -6.15. The molecular weight excluding hydrogens is 306 g/mol. The van der Waals surface area contributed by atoms with Gasteiger partial charge in [-0.1, -0.05) is 0 Å². The predicted octanol–water partition coefficient (Wildman–Crippen LogP) is 2.68. The van der Waals surface area contributed by atoms with Gasteiger partial charge in [-0.05, 0) is 6.42 Å². The second kappa shape index (κ2) is 8.84. The van der Waals surface area contributed by atoms with Gasteiger partial charge in [0.2, 0.25) is 0 Å². The minimum absolute atomic E-state index is 1.09. The van der Waals surface area contributed by atoms with Crippen molar-refractivity contribution >= 4 is 0 Å². The van der Waals surface area contributed by atoms with E-state index < -0.39 is 58.9 Å². The summed E-state index contributed by atoms with van der Waals surface area (Å²) < 4.78 is 98.0. The van der Waals surface area contributed by atoms with Crippen LogP contribution in [0.1, 0.15) is 12.8 Å². The van der Waals surface area contributed by atoms with Gasteiger partial charge in [0, 0.05) is 21.4 Å². The van der Waals surface area contributed by atoms with Gasteiger partial charge in [-0.2, -0.15) is 5.26 Å². The van der Waals surface area contributed by atoms with Crippen LogP contribution in [0.15, 0.2) is 0 Å². The van der Waals surface area contributed by atoms with E-state index in [1.54, 1.807) is 0 Å². The van der Waals surface area contributed by atoms with E-state index in [2.05, 4.69) is 0 Å². The molecule has 0 saturated heterocycles. The molecule has 0 bridgehead atoms. The van der Waals surface area contributed by atoms with E-state index in [0.29, 0.717) is 0 Å². The number of halogens is 8. The average Bonchev–Trinajstić information content (AvgIpc) is 2.30. The minimum Gasteiger partial charge on any atom is -0.198 e. The van der Waals surface area contributed by atoms with Crippen molar-refractivity contribution in [3.8, 4) is 6.07 Å². The Balaban J connectivity index is 5.01. The third-order valence-electron chi connectivity index (χ3n) is 2.38. The Labute approximate surface area is 107 Å². The Morgan fingerprint density at radius 1 is 0.800 bits per heavy atom. The van der Waals surface area contributed by atoms with Crippen LogP contribution in [-0.4, -0.2) is 46.0 Å². The van der Waals surface area contributed by atoms with Gasteiger partial charge in [-0.3, -0.25) is 0 Å². The minimum atomic E-state index is -2.52. The summed E-state index contributed by atoms with van der Waals surface area (Å²) in [7, 11) is 0. The SMILES string of the molecule is N#CCC(C(CC(CN(F)F)N(F)F)N(F)F)N(F)F. The molecule has 0 spiro atoms. The van der Waals surface area contributed by atoms with Gasteiger partial charge < -0.3 is 0 Å². The monoisotopic (exact) mass is 315 g/mol. The molecule has 0 aliphatic heterocycles. The smallest absolute Gasteiger partial charge is 0.107 e. The number of nitriles is 1. The van der Waals surface area contributed by atoms with Gasteiger partial charge in [-0.25, -0.2) is 0 Å². The normalized spacial score (nSPS) is 16.8. The largest absolute Gasteiger partial charge is 0.198 e. The number of hydrogen-bond donors (Lipinski definition) is 0. The molecule has 0 fully saturated rings. The highest BCUT2D eigenvalue weighted by molar-refractivity contribution is 4.88. The van der Waals surface area contributed by atoms with E-state index in [-0.39, 0.29) is 0 Å². The number of hydrogen-bond acceptors (Lipinski definition) is 5. The third kappa shape index (κ3) is 6.28. The summed E-state index contributed by atoms with van der Waals surface area (Å²) in [5, 5.41) is 1.25. The van der Waals surface area contributed by atoms with Crippen LogP contribution in [0, 0.1) is 11.3 Å². The highest BCUT2D eigenvalue weighted by Gasteiger charge is 2.39. The fraction of sp³-hybridized carbons (Fsp3) is 0.857. The maximum atomic E-state index is 12.5. The molecule has 0 aliphatic rings. The van der Waals surface area contributed by atoms with Crippen molar-refractivity contribution in [1.82, 2.24) is 21.4 Å². The summed E-state index contributed by atoms with van der Waals surface area (Å²) in [6.07, 6.45) is -2.50. The second-order valence-corrected chi connectivity index (χ2v) is 3.65. The van der Waals surface area contributed by atoms with Crippen molar-refractivity contribution in [3.63, 3.8) is 0 Å². The summed E-state index contributed by atoms with van der Waals surface area (Å²) in [4.78, 5) is 0. The van der Waals surface area contributed by atoms with Crippen molar-refractivity contribution in [2.45, 2.75) is 31.0 Å². The molecule has 0 aromatic heterocycles. The van der Waals surface area contributed by atoms with Crippen LogP contribution in [-0.2, 0) is 0 Å². The Kier molecular flexibility index (Phi) is 8.30. The lowest BCUT2D eigenvalue weighted by atomic mass is 9.99. The molecule has 0 heterocycles. The Hall–Kier alpha value is -1.23. The lowest BCUT2D eigenvalue weighted by molar-refractivity contribution is -0.275. The first-order valence-electron chi connectivity index (χ1n) is 4.99. The molecule has 5 nitrogen and oxygen atoms in total. The van der Waals surface area contributed by atoms with Crippen LogP contribution in [0.3, 0.4) is 0 Å². The first-order valence-corrected chi connectivity index (χ1v) is 4.99. The Morgan fingerprint density at radius 2 is 1.30 bits per heavy atom. The van der Waals surface area contributed by atoms with Crippen LogP contribution in [0.2, 0.25) is 0 Å². The van der Waals surface area contributed by atoms with E-state index in [1.807, 2.05) is 0 Å². The molecule has 0 radical (unpaired) electrons. The van der Waals surface area contributed by atoms with E-state index in [4.69, 9.17) is 5.26 Å². The van der Waals surface area contributed by atoms with Gasteiger partial charge in [0.15, 0.2) is 0 Å². The second-order valence-electron chi connectivity index (χ2n) is 3.65. The van der Waals surface area contributed by atoms with Crippen LogP contribution in [0.25, 0.3) is 0 Å². The molecule has 118 valence electrons.